The molecule has 1 saturated heterocycles. The van der Waals surface area contributed by atoms with Crippen LogP contribution in [0.15, 0.2) is 173 Å². The van der Waals surface area contributed by atoms with E-state index in [-0.39, 0.29) is 114 Å². The van der Waals surface area contributed by atoms with E-state index in [0.29, 0.717) is 129 Å². The number of aromatic nitrogens is 4. The number of esters is 1. The minimum Gasteiger partial charge on any atom is -0.492 e. The zero-order chi connectivity index (χ0) is 93.1. The molecule has 698 valence electrons. The molecule has 1 aliphatic carbocycles. The van der Waals surface area contributed by atoms with Crippen LogP contribution in [0.25, 0.3) is 43.2 Å². The second-order valence-corrected chi connectivity index (χ2v) is 39.8. The number of rotatable bonds is 45. The molecule has 0 spiro atoms. The number of halogens is 1. The second-order valence-electron chi connectivity index (χ2n) is 35.0. The van der Waals surface area contributed by atoms with E-state index in [1.165, 1.54) is 12.1 Å². The Kier molecular flexibility index (Phi) is 31.1. The Morgan fingerprint density at radius 2 is 1.34 bits per heavy atom. The number of amides is 3. The number of hydrogen-bond acceptors (Lipinski definition) is 23. The Hall–Kier alpha value is -10.4. The minimum atomic E-state index is -4.59. The predicted molar refractivity (Wildman–Crippen MR) is 498 cm³/mol. The molecule has 6 heterocycles. The van der Waals surface area contributed by atoms with Gasteiger partial charge >= 0.3 is 11.9 Å². The monoisotopic (exact) mass is 1870 g/mol. The van der Waals surface area contributed by atoms with Crippen LogP contribution in [0, 0.1) is 6.92 Å². The van der Waals surface area contributed by atoms with Crippen molar-refractivity contribution in [3.05, 3.63) is 202 Å². The summed E-state index contributed by atoms with van der Waals surface area (Å²) in [5, 5.41) is 15.2. The van der Waals surface area contributed by atoms with E-state index in [1.807, 2.05) is 73.6 Å². The highest BCUT2D eigenvalue weighted by molar-refractivity contribution is 7.86. The molecule has 4 aliphatic heterocycles. The highest BCUT2D eigenvalue weighted by Gasteiger charge is 2.47. The van der Waals surface area contributed by atoms with Crippen molar-refractivity contribution in [1.82, 2.24) is 29.9 Å². The smallest absolute Gasteiger partial charge is 0.335 e. The third kappa shape index (κ3) is 23.6. The number of hydrogen-bond donors (Lipinski definition) is 4. The first-order valence-electron chi connectivity index (χ1n) is 44.3. The Morgan fingerprint density at radius 1 is 0.656 bits per heavy atom. The van der Waals surface area contributed by atoms with Crippen molar-refractivity contribution < 1.29 is 105 Å². The van der Waals surface area contributed by atoms with Crippen LogP contribution in [0.4, 0.5) is 17.1 Å². The number of carbonyl (C=O) groups excluding carboxylic acids is 5. The molecule has 0 radical (unpaired) electrons. The van der Waals surface area contributed by atoms with Gasteiger partial charge in [0, 0.05) is 114 Å². The molecule has 0 bridgehead atoms. The summed E-state index contributed by atoms with van der Waals surface area (Å²) in [5.74, 6) is -2.54. The highest BCUT2D eigenvalue weighted by atomic mass is 35.5. The number of nitrogens with zero attached hydrogens (tertiary/aromatic N) is 8. The quantitative estimate of drug-likeness (QED) is 0.00524. The van der Waals surface area contributed by atoms with Crippen molar-refractivity contribution in [2.75, 3.05) is 127 Å². The summed E-state index contributed by atoms with van der Waals surface area (Å²) >= 11 is 6.78. The number of anilines is 2. The molecular weight excluding hydrogens is 1760 g/mol. The lowest BCUT2D eigenvalue weighted by Crippen LogP contribution is -2.32. The van der Waals surface area contributed by atoms with E-state index in [2.05, 4.69) is 114 Å². The van der Waals surface area contributed by atoms with Gasteiger partial charge in [-0.3, -0.25) is 32.8 Å². The summed E-state index contributed by atoms with van der Waals surface area (Å²) < 4.78 is 150. The lowest BCUT2D eigenvalue weighted by molar-refractivity contribution is -0.438. The summed E-state index contributed by atoms with van der Waals surface area (Å²) in [7, 11) is -9.20. The third-order valence-corrected chi connectivity index (χ3v) is 27.3. The van der Waals surface area contributed by atoms with Gasteiger partial charge in [0.2, 0.25) is 5.69 Å². The number of unbranched alkanes of at least 4 members (excludes halogenated alkanes) is 3. The zero-order valence-electron chi connectivity index (χ0n) is 74.7. The van der Waals surface area contributed by atoms with Gasteiger partial charge in [0.25, 0.3) is 48.1 Å². The number of likely N-dealkylation sites (N-methyl/N-ethyl adjacent to an activating group) is 1. The van der Waals surface area contributed by atoms with Crippen LogP contribution in [0.2, 0.25) is 0 Å². The van der Waals surface area contributed by atoms with Crippen LogP contribution < -0.4 is 19.3 Å². The minimum absolute atomic E-state index is 0.00537. The third-order valence-electron chi connectivity index (χ3n) is 24.5. The number of alkyl halides is 1. The summed E-state index contributed by atoms with van der Waals surface area (Å²) in [6.45, 7) is 15.1. The molecular formula is C96H113ClN9O22S3+. The Morgan fingerprint density at radius 3 is 2.06 bits per heavy atom. The van der Waals surface area contributed by atoms with Gasteiger partial charge in [-0.2, -0.15) is 29.8 Å². The van der Waals surface area contributed by atoms with Crippen LogP contribution in [0.5, 0.6) is 11.5 Å². The Bertz CT molecular complexity index is 6340. The van der Waals surface area contributed by atoms with E-state index >= 15 is 0 Å². The van der Waals surface area contributed by atoms with Crippen molar-refractivity contribution in [1.29, 1.82) is 0 Å². The number of H-pyrrole nitrogens is 1. The number of hydroxylamine groups is 2. The molecule has 7 aromatic carbocycles. The summed E-state index contributed by atoms with van der Waals surface area (Å²) in [5.41, 5.74) is 11.1. The van der Waals surface area contributed by atoms with Crippen LogP contribution in [-0.2, 0) is 102 Å². The first-order chi connectivity index (χ1) is 62.6. The predicted octanol–water partition coefficient (Wildman–Crippen LogP) is 14.5. The maximum atomic E-state index is 14.9. The molecule has 3 amide bonds. The first kappa shape index (κ1) is 96.6. The fourth-order valence-electron chi connectivity index (χ4n) is 18.2. The lowest BCUT2D eigenvalue weighted by Gasteiger charge is -2.30. The molecule has 4 N–H and O–H groups in total. The van der Waals surface area contributed by atoms with Gasteiger partial charge in [0.1, 0.15) is 36.0 Å². The van der Waals surface area contributed by atoms with E-state index in [9.17, 15) is 62.9 Å². The van der Waals surface area contributed by atoms with Crippen molar-refractivity contribution in [2.45, 2.75) is 159 Å². The van der Waals surface area contributed by atoms with E-state index in [4.69, 9.17) is 49.6 Å². The molecule has 35 heteroatoms. The molecule has 14 rings (SSSR count). The van der Waals surface area contributed by atoms with Gasteiger partial charge in [-0.05, 0) is 196 Å². The number of fused-ring (bicyclic) bond motifs is 10. The van der Waals surface area contributed by atoms with Crippen molar-refractivity contribution in [3.63, 3.8) is 0 Å². The van der Waals surface area contributed by atoms with Gasteiger partial charge < -0.3 is 57.7 Å². The first-order valence-corrected chi connectivity index (χ1v) is 49.5. The molecule has 0 saturated carbocycles. The molecule has 9 aromatic rings. The van der Waals surface area contributed by atoms with Gasteiger partial charge in [-0.1, -0.05) is 91.4 Å². The van der Waals surface area contributed by atoms with Crippen LogP contribution >= 0.6 is 11.6 Å². The SMILES string of the molecule is Cc1ccc2c3c(ccc2c1)[N+](CCCCS(=O)(=O)O)=C(/C=C/C1=C(CCCCC(=O)Oc2cc4c(c5ccccc25)[C@H](CCl)CN4C(=O)c2cc4cc(OCCN(C)C)ccc4[nH]2)C(=C/C=C2/N(CCCCS(=O)(=O)O)c4ccc5cc(S(=O)(=O)O)ccc5c4C2(C)C)/CC(OCc2cn(CCOCCOCCOCCOCCC(=O)ON4C(=O)CCC4=O)nn2)C1)C3(C)C. The molecule has 1 fully saturated rings. The van der Waals surface area contributed by atoms with Gasteiger partial charge in [0.15, 0.2) is 5.71 Å². The Balaban J connectivity index is 0.753. The summed E-state index contributed by atoms with van der Waals surface area (Å²) in [6, 6.07) is 35.7. The van der Waals surface area contributed by atoms with Crippen molar-refractivity contribution >= 4 is 138 Å². The van der Waals surface area contributed by atoms with Crippen LogP contribution in [-0.4, -0.2) is 232 Å². The fourth-order valence-corrected chi connectivity index (χ4v) is 20.1. The molecule has 131 heavy (non-hydrogen) atoms. The largest absolute Gasteiger partial charge is 0.492 e. The van der Waals surface area contributed by atoms with Crippen LogP contribution in [0.3, 0.4) is 0 Å². The average Bonchev–Trinajstić information content (AvgIpc) is 1.59. The van der Waals surface area contributed by atoms with E-state index < -0.39 is 82.5 Å². The number of nitrogens with one attached hydrogen (secondary N) is 1. The number of carbonyl (C=O) groups is 5. The van der Waals surface area contributed by atoms with Gasteiger partial charge in [-0.15, -0.1) is 21.8 Å². The molecule has 2 aromatic heterocycles. The van der Waals surface area contributed by atoms with Crippen LogP contribution in [0.1, 0.15) is 156 Å². The Labute approximate surface area is 767 Å². The van der Waals surface area contributed by atoms with E-state index in [0.717, 1.165) is 101 Å². The highest BCUT2D eigenvalue weighted by Crippen LogP contribution is 2.53. The lowest BCUT2D eigenvalue weighted by atomic mass is 9.78. The molecule has 31 nitrogen and oxygen atoms in total. The number of ether oxygens (including phenoxy) is 7. The van der Waals surface area contributed by atoms with Crippen molar-refractivity contribution in [3.8, 4) is 11.5 Å². The topological polar surface area (TPSA) is 385 Å². The van der Waals surface area contributed by atoms with Gasteiger partial charge in [0.05, 0.1) is 112 Å². The molecule has 2 atom stereocenters. The normalized spacial score (nSPS) is 17.5. The maximum Gasteiger partial charge on any atom is 0.335 e. The molecule has 5 aliphatic rings. The number of allylic oxidation sites excluding steroid dienone is 6. The molecule has 1 unspecified atom stereocenters. The standard InChI is InChI=1S/C96H112ClN9O22S3/c1-63-20-27-75-64(52-63)21-30-81-92(75)95(2,3)85(103(81)37-12-14-50-129(112,113)114)32-23-65-53-72(126-62-70-61-102(100-99-70)40-42-122-45-47-124-49-48-123-46-44-121-41-36-90(110)128-106-87(107)34-35-88(106)108)54-66(24-33-86-96(4,5)93-76-28-26-73(131(118,119)120)56-67(76)22-31-82(93)104(86)38-13-15-51-130(115,116)117)74(65)16-10-11-19-89(109)127-84-58-83-91(78-18-9-8-17-77(78)84)69(59-97)60-105(83)94(111)80-57-68-55-71(25-29-79(68)98-80)125-43-39-101(6)7/h8-9,17-18,20-33,52,55-58,61,69,72H,10-16,19,34-51,53-54,59-60,62H2,1-7H3,(H3-,98,111,112,113,114,115,116,117,118,119,120)/p+1/t69-,72?/m1/s1. The summed E-state index contributed by atoms with van der Waals surface area (Å²) in [4.78, 5) is 78.9. The second kappa shape index (κ2) is 42.2. The number of imide groups is 1. The average molecular weight is 1880 g/mol. The fraction of sp³-hybridized carbons (Fsp3) is 0.438. The van der Waals surface area contributed by atoms with Gasteiger partial charge in [-0.25, -0.2) is 9.48 Å². The summed E-state index contributed by atoms with van der Waals surface area (Å²) in [6.07, 6.45) is 12.9. The van der Waals surface area contributed by atoms with Crippen molar-refractivity contribution in [2.24, 2.45) is 0 Å². The van der Waals surface area contributed by atoms with E-state index in [1.54, 1.807) is 34.0 Å². The maximum absolute atomic E-state index is 14.9. The number of aromatic amines is 1. The zero-order valence-corrected chi connectivity index (χ0v) is 77.9. The number of aryl methyl sites for hydroxylation is 1. The number of benzene rings is 7.